The van der Waals surface area contributed by atoms with Gasteiger partial charge in [0.05, 0.1) is 19.0 Å². The summed E-state index contributed by atoms with van der Waals surface area (Å²) in [6.45, 7) is 5.76. The summed E-state index contributed by atoms with van der Waals surface area (Å²) in [5.74, 6) is -0.614. The molecule has 2 rings (SSSR count). The van der Waals surface area contributed by atoms with E-state index in [0.717, 1.165) is 23.2 Å². The van der Waals surface area contributed by atoms with Crippen molar-refractivity contribution in [2.75, 3.05) is 18.4 Å². The molecule has 0 radical (unpaired) electrons. The highest BCUT2D eigenvalue weighted by molar-refractivity contribution is 5.95. The summed E-state index contributed by atoms with van der Waals surface area (Å²) in [4.78, 5) is 38.6. The molecule has 154 valence electrons. The van der Waals surface area contributed by atoms with Crippen LogP contribution in [-0.2, 0) is 14.4 Å². The van der Waals surface area contributed by atoms with E-state index in [0.29, 0.717) is 6.54 Å². The van der Waals surface area contributed by atoms with Gasteiger partial charge in [0.25, 0.3) is 0 Å². The normalized spacial score (nSPS) is 11.4. The Labute approximate surface area is 172 Å². The summed E-state index contributed by atoms with van der Waals surface area (Å²) < 4.78 is 0. The van der Waals surface area contributed by atoms with Crippen LogP contribution in [0.3, 0.4) is 0 Å². The van der Waals surface area contributed by atoms with Gasteiger partial charge in [-0.05, 0) is 30.5 Å². The van der Waals surface area contributed by atoms with Crippen molar-refractivity contribution >= 4 is 23.4 Å². The first kappa shape index (κ1) is 22.1. The van der Waals surface area contributed by atoms with Gasteiger partial charge in [0.2, 0.25) is 17.7 Å². The lowest BCUT2D eigenvalue weighted by atomic mass is 10.0. The topological polar surface area (TPSA) is 78.5 Å². The number of para-hydroxylation sites is 1. The minimum Gasteiger partial charge on any atom is -0.349 e. The van der Waals surface area contributed by atoms with Crippen LogP contribution < -0.4 is 10.6 Å². The molecule has 0 aliphatic rings. The zero-order valence-electron chi connectivity index (χ0n) is 17.3. The Morgan fingerprint density at radius 1 is 1.00 bits per heavy atom. The number of anilines is 1. The van der Waals surface area contributed by atoms with Crippen LogP contribution in [-0.4, -0.2) is 35.7 Å². The molecule has 0 saturated carbocycles. The Balaban J connectivity index is 2.07. The van der Waals surface area contributed by atoms with Crippen LogP contribution in [0.5, 0.6) is 0 Å². The lowest BCUT2D eigenvalue weighted by Gasteiger charge is -2.25. The third-order valence-corrected chi connectivity index (χ3v) is 4.56. The second-order valence-electron chi connectivity index (χ2n) is 7.05. The van der Waals surface area contributed by atoms with Crippen molar-refractivity contribution in [1.29, 1.82) is 0 Å². The van der Waals surface area contributed by atoms with E-state index in [1.54, 1.807) is 4.90 Å². The van der Waals surface area contributed by atoms with Crippen molar-refractivity contribution in [2.24, 2.45) is 0 Å². The van der Waals surface area contributed by atoms with Gasteiger partial charge in [-0.2, -0.15) is 0 Å². The Morgan fingerprint density at radius 2 is 1.66 bits per heavy atom. The molecule has 0 fully saturated rings. The fraction of sp³-hybridized carbons (Fsp3) is 0.348. The van der Waals surface area contributed by atoms with Crippen LogP contribution in [0.2, 0.25) is 0 Å². The van der Waals surface area contributed by atoms with Crippen molar-refractivity contribution in [3.63, 3.8) is 0 Å². The number of nitrogens with one attached hydrogen (secondary N) is 2. The molecule has 1 atom stereocenters. The van der Waals surface area contributed by atoms with Gasteiger partial charge in [0.15, 0.2) is 0 Å². The molecule has 3 amide bonds. The first-order valence-electron chi connectivity index (χ1n) is 9.86. The van der Waals surface area contributed by atoms with Crippen LogP contribution in [0.25, 0.3) is 0 Å². The van der Waals surface area contributed by atoms with Crippen molar-refractivity contribution in [3.8, 4) is 0 Å². The maximum absolute atomic E-state index is 12.9. The van der Waals surface area contributed by atoms with E-state index in [4.69, 9.17) is 0 Å². The first-order valence-corrected chi connectivity index (χ1v) is 9.86. The fourth-order valence-corrected chi connectivity index (χ4v) is 3.12. The lowest BCUT2D eigenvalue weighted by molar-refractivity contribution is -0.135. The standard InChI is InChI=1S/C23H29N3O3/c1-4-14-26(16-22(28)25-20-13-9-8-10-17(20)2)23(29)15-21(24-18(3)27)19-11-6-5-7-12-19/h5-13,21H,4,14-16H2,1-3H3,(H,24,27)(H,25,28). The number of hydrogen-bond donors (Lipinski definition) is 2. The molecule has 0 spiro atoms. The van der Waals surface area contributed by atoms with Crippen LogP contribution in [0.4, 0.5) is 5.69 Å². The van der Waals surface area contributed by atoms with Gasteiger partial charge < -0.3 is 15.5 Å². The highest BCUT2D eigenvalue weighted by Gasteiger charge is 2.22. The van der Waals surface area contributed by atoms with Crippen molar-refractivity contribution in [3.05, 3.63) is 65.7 Å². The van der Waals surface area contributed by atoms with Crippen LogP contribution in [0, 0.1) is 6.92 Å². The highest BCUT2D eigenvalue weighted by atomic mass is 16.2. The van der Waals surface area contributed by atoms with Gasteiger partial charge in [-0.3, -0.25) is 14.4 Å². The van der Waals surface area contributed by atoms with Gasteiger partial charge in [0.1, 0.15) is 0 Å². The molecule has 6 nitrogen and oxygen atoms in total. The zero-order chi connectivity index (χ0) is 21.2. The number of rotatable bonds is 9. The number of carbonyl (C=O) groups is 3. The molecule has 0 aromatic heterocycles. The molecule has 1 unspecified atom stereocenters. The molecule has 0 aliphatic carbocycles. The Kier molecular flexibility index (Phi) is 8.40. The van der Waals surface area contributed by atoms with Gasteiger partial charge in [-0.25, -0.2) is 0 Å². The molecule has 0 aliphatic heterocycles. The van der Waals surface area contributed by atoms with E-state index in [1.165, 1.54) is 6.92 Å². The lowest BCUT2D eigenvalue weighted by Crippen LogP contribution is -2.40. The van der Waals surface area contributed by atoms with Gasteiger partial charge in [-0.15, -0.1) is 0 Å². The third kappa shape index (κ3) is 7.07. The zero-order valence-corrected chi connectivity index (χ0v) is 17.3. The number of nitrogens with zero attached hydrogens (tertiary/aromatic N) is 1. The molecule has 2 aromatic rings. The average molecular weight is 396 g/mol. The Morgan fingerprint density at radius 3 is 2.28 bits per heavy atom. The number of amides is 3. The van der Waals surface area contributed by atoms with Gasteiger partial charge >= 0.3 is 0 Å². The monoisotopic (exact) mass is 395 g/mol. The fourth-order valence-electron chi connectivity index (χ4n) is 3.12. The summed E-state index contributed by atoms with van der Waals surface area (Å²) in [7, 11) is 0. The molecule has 0 saturated heterocycles. The quantitative estimate of drug-likeness (QED) is 0.683. The van der Waals surface area contributed by atoms with E-state index in [2.05, 4.69) is 10.6 Å². The van der Waals surface area contributed by atoms with Crippen LogP contribution in [0.15, 0.2) is 54.6 Å². The molecule has 0 heterocycles. The first-order chi connectivity index (χ1) is 13.9. The SMILES string of the molecule is CCCN(CC(=O)Nc1ccccc1C)C(=O)CC(NC(C)=O)c1ccccc1. The van der Waals surface area contributed by atoms with Crippen molar-refractivity contribution < 1.29 is 14.4 Å². The minimum absolute atomic E-state index is 0.0252. The summed E-state index contributed by atoms with van der Waals surface area (Å²) in [6.07, 6.45) is 0.834. The molecule has 6 heteroatoms. The average Bonchev–Trinajstić information content (AvgIpc) is 2.69. The summed E-state index contributed by atoms with van der Waals surface area (Å²) in [5.41, 5.74) is 2.56. The van der Waals surface area contributed by atoms with E-state index < -0.39 is 6.04 Å². The van der Waals surface area contributed by atoms with Crippen LogP contribution in [0.1, 0.15) is 43.9 Å². The second-order valence-corrected chi connectivity index (χ2v) is 7.05. The smallest absolute Gasteiger partial charge is 0.244 e. The molecule has 2 N–H and O–H groups in total. The summed E-state index contributed by atoms with van der Waals surface area (Å²) >= 11 is 0. The third-order valence-electron chi connectivity index (χ3n) is 4.56. The molecular weight excluding hydrogens is 366 g/mol. The summed E-state index contributed by atoms with van der Waals surface area (Å²) in [6, 6.07) is 16.5. The van der Waals surface area contributed by atoms with Crippen LogP contribution >= 0.6 is 0 Å². The molecule has 0 bridgehead atoms. The molecule has 29 heavy (non-hydrogen) atoms. The van der Waals surface area contributed by atoms with E-state index in [9.17, 15) is 14.4 Å². The highest BCUT2D eigenvalue weighted by Crippen LogP contribution is 2.18. The number of carbonyl (C=O) groups excluding carboxylic acids is 3. The van der Waals surface area contributed by atoms with Crippen molar-refractivity contribution in [2.45, 2.75) is 39.7 Å². The second kappa shape index (κ2) is 11.0. The van der Waals surface area contributed by atoms with E-state index in [-0.39, 0.29) is 30.7 Å². The van der Waals surface area contributed by atoms with Gasteiger partial charge in [0, 0.05) is 19.2 Å². The minimum atomic E-state index is -0.431. The summed E-state index contributed by atoms with van der Waals surface area (Å²) in [5, 5.41) is 5.71. The maximum atomic E-state index is 12.9. The van der Waals surface area contributed by atoms with E-state index >= 15 is 0 Å². The molecular formula is C23H29N3O3. The molecule has 2 aromatic carbocycles. The maximum Gasteiger partial charge on any atom is 0.244 e. The predicted molar refractivity (Wildman–Crippen MR) is 114 cm³/mol. The Bertz CT molecular complexity index is 836. The van der Waals surface area contributed by atoms with Gasteiger partial charge in [-0.1, -0.05) is 55.5 Å². The Hall–Kier alpha value is -3.15. The number of aryl methyl sites for hydroxylation is 1. The largest absolute Gasteiger partial charge is 0.349 e. The number of hydrogen-bond acceptors (Lipinski definition) is 3. The number of benzene rings is 2. The van der Waals surface area contributed by atoms with E-state index in [1.807, 2.05) is 68.4 Å². The van der Waals surface area contributed by atoms with Crippen molar-refractivity contribution in [1.82, 2.24) is 10.2 Å². The predicted octanol–water partition coefficient (Wildman–Crippen LogP) is 3.44.